The van der Waals surface area contributed by atoms with Gasteiger partial charge in [-0.3, -0.25) is 0 Å². The molecule has 124 valence electrons. The SMILES string of the molecule is CCCN1CCC(O)(c2ccc(Cl)c(OC(F)(F)F)c2)CC1. The lowest BCUT2D eigenvalue weighted by atomic mass is 9.84. The van der Waals surface area contributed by atoms with Crippen LogP contribution in [-0.2, 0) is 5.60 Å². The molecular weight excluding hydrogens is 319 g/mol. The Morgan fingerprint density at radius 2 is 1.95 bits per heavy atom. The molecule has 2 rings (SSSR count). The van der Waals surface area contributed by atoms with Gasteiger partial charge < -0.3 is 14.7 Å². The van der Waals surface area contributed by atoms with Crippen molar-refractivity contribution in [2.75, 3.05) is 19.6 Å². The monoisotopic (exact) mass is 337 g/mol. The molecule has 0 bridgehead atoms. The topological polar surface area (TPSA) is 32.7 Å². The van der Waals surface area contributed by atoms with E-state index in [2.05, 4.69) is 16.6 Å². The maximum Gasteiger partial charge on any atom is 0.573 e. The normalized spacial score (nSPS) is 19.2. The molecule has 0 aliphatic carbocycles. The first-order valence-electron chi connectivity index (χ1n) is 7.24. The molecule has 0 aromatic heterocycles. The van der Waals surface area contributed by atoms with Crippen molar-refractivity contribution in [3.63, 3.8) is 0 Å². The van der Waals surface area contributed by atoms with E-state index in [-0.39, 0.29) is 5.02 Å². The van der Waals surface area contributed by atoms with Crippen LogP contribution in [0.5, 0.6) is 5.75 Å². The molecule has 0 saturated carbocycles. The van der Waals surface area contributed by atoms with Crippen molar-refractivity contribution < 1.29 is 23.0 Å². The van der Waals surface area contributed by atoms with Gasteiger partial charge in [0.1, 0.15) is 5.75 Å². The maximum absolute atomic E-state index is 12.4. The quantitative estimate of drug-likeness (QED) is 0.903. The van der Waals surface area contributed by atoms with Crippen LogP contribution in [0.4, 0.5) is 13.2 Å². The summed E-state index contributed by atoms with van der Waals surface area (Å²) in [6, 6.07) is 4.07. The van der Waals surface area contributed by atoms with E-state index in [1.807, 2.05) is 0 Å². The molecule has 1 N–H and O–H groups in total. The minimum Gasteiger partial charge on any atom is -0.404 e. The predicted octanol–water partition coefficient (Wildman–Crippen LogP) is 3.93. The number of hydrogen-bond donors (Lipinski definition) is 1. The Balaban J connectivity index is 2.17. The highest BCUT2D eigenvalue weighted by atomic mass is 35.5. The van der Waals surface area contributed by atoms with Gasteiger partial charge in [0.25, 0.3) is 0 Å². The zero-order chi connectivity index (χ0) is 16.4. The zero-order valence-corrected chi connectivity index (χ0v) is 13.0. The average molecular weight is 338 g/mol. The standard InChI is InChI=1S/C15H19ClF3NO2/c1-2-7-20-8-5-14(21,6-9-20)11-3-4-12(16)13(10-11)22-15(17,18)19/h3-4,10,21H,2,5-9H2,1H3. The first kappa shape index (κ1) is 17.4. The molecule has 1 aliphatic heterocycles. The van der Waals surface area contributed by atoms with Gasteiger partial charge in [-0.2, -0.15) is 0 Å². The van der Waals surface area contributed by atoms with Gasteiger partial charge >= 0.3 is 6.36 Å². The molecule has 0 radical (unpaired) electrons. The van der Waals surface area contributed by atoms with E-state index < -0.39 is 17.7 Å². The molecule has 0 atom stereocenters. The van der Waals surface area contributed by atoms with Crippen LogP contribution in [0.15, 0.2) is 18.2 Å². The summed E-state index contributed by atoms with van der Waals surface area (Å²) in [4.78, 5) is 2.23. The number of nitrogens with zero attached hydrogens (tertiary/aromatic N) is 1. The molecule has 1 saturated heterocycles. The summed E-state index contributed by atoms with van der Waals surface area (Å²) in [7, 11) is 0. The van der Waals surface area contributed by atoms with Crippen LogP contribution in [0.2, 0.25) is 5.02 Å². The third-order valence-corrected chi connectivity index (χ3v) is 4.23. The third-order valence-electron chi connectivity index (χ3n) is 3.92. The van der Waals surface area contributed by atoms with Gasteiger partial charge in [-0.15, -0.1) is 13.2 Å². The second-order valence-electron chi connectivity index (χ2n) is 5.57. The Morgan fingerprint density at radius 3 is 2.50 bits per heavy atom. The van der Waals surface area contributed by atoms with Crippen molar-refractivity contribution in [2.45, 2.75) is 38.1 Å². The number of piperidine rings is 1. The molecule has 1 aliphatic rings. The Bertz CT molecular complexity index is 514. The van der Waals surface area contributed by atoms with Crippen LogP contribution in [-0.4, -0.2) is 36.0 Å². The second kappa shape index (κ2) is 6.64. The van der Waals surface area contributed by atoms with Crippen molar-refractivity contribution in [1.82, 2.24) is 4.90 Å². The minimum atomic E-state index is -4.81. The number of halogens is 4. The summed E-state index contributed by atoms with van der Waals surface area (Å²) >= 11 is 5.74. The van der Waals surface area contributed by atoms with E-state index in [1.165, 1.54) is 12.1 Å². The highest BCUT2D eigenvalue weighted by molar-refractivity contribution is 6.32. The number of ether oxygens (including phenoxy) is 1. The lowest BCUT2D eigenvalue weighted by Gasteiger charge is -2.38. The second-order valence-corrected chi connectivity index (χ2v) is 5.97. The predicted molar refractivity (Wildman–Crippen MR) is 78.0 cm³/mol. The Morgan fingerprint density at radius 1 is 1.32 bits per heavy atom. The summed E-state index contributed by atoms with van der Waals surface area (Å²) in [6.45, 7) is 4.46. The van der Waals surface area contributed by atoms with Gasteiger partial charge in [0.15, 0.2) is 0 Å². The molecule has 7 heteroatoms. The van der Waals surface area contributed by atoms with Crippen molar-refractivity contribution in [1.29, 1.82) is 0 Å². The Kier molecular flexibility index (Phi) is 5.25. The average Bonchev–Trinajstić information content (AvgIpc) is 2.43. The lowest BCUT2D eigenvalue weighted by molar-refractivity contribution is -0.274. The number of rotatable bonds is 4. The van der Waals surface area contributed by atoms with Crippen LogP contribution in [0.3, 0.4) is 0 Å². The van der Waals surface area contributed by atoms with Crippen LogP contribution in [0, 0.1) is 0 Å². The maximum atomic E-state index is 12.4. The van der Waals surface area contributed by atoms with Gasteiger partial charge in [-0.25, -0.2) is 0 Å². The van der Waals surface area contributed by atoms with Crippen molar-refractivity contribution in [2.24, 2.45) is 0 Å². The van der Waals surface area contributed by atoms with E-state index in [9.17, 15) is 18.3 Å². The smallest absolute Gasteiger partial charge is 0.404 e. The van der Waals surface area contributed by atoms with Crippen molar-refractivity contribution in [3.8, 4) is 5.75 Å². The first-order valence-corrected chi connectivity index (χ1v) is 7.62. The van der Waals surface area contributed by atoms with E-state index in [0.29, 0.717) is 31.5 Å². The van der Waals surface area contributed by atoms with Gasteiger partial charge in [0, 0.05) is 13.1 Å². The molecule has 3 nitrogen and oxygen atoms in total. The molecule has 0 unspecified atom stereocenters. The van der Waals surface area contributed by atoms with Gasteiger partial charge in [-0.1, -0.05) is 24.6 Å². The summed E-state index contributed by atoms with van der Waals surface area (Å²) in [5, 5.41) is 10.6. The van der Waals surface area contributed by atoms with Gasteiger partial charge in [0.2, 0.25) is 0 Å². The summed E-state index contributed by atoms with van der Waals surface area (Å²) in [6.07, 6.45) is -2.83. The summed E-state index contributed by atoms with van der Waals surface area (Å²) < 4.78 is 41.0. The molecule has 1 aromatic carbocycles. The van der Waals surface area contributed by atoms with Crippen LogP contribution >= 0.6 is 11.6 Å². The minimum absolute atomic E-state index is 0.131. The number of likely N-dealkylation sites (tertiary alicyclic amines) is 1. The van der Waals surface area contributed by atoms with E-state index in [0.717, 1.165) is 13.0 Å². The van der Waals surface area contributed by atoms with E-state index in [4.69, 9.17) is 11.6 Å². The Labute approximate surface area is 132 Å². The molecule has 22 heavy (non-hydrogen) atoms. The van der Waals surface area contributed by atoms with Crippen molar-refractivity contribution in [3.05, 3.63) is 28.8 Å². The third kappa shape index (κ3) is 4.27. The number of benzene rings is 1. The molecule has 1 fully saturated rings. The molecule has 1 heterocycles. The molecule has 0 amide bonds. The largest absolute Gasteiger partial charge is 0.573 e. The zero-order valence-electron chi connectivity index (χ0n) is 12.3. The van der Waals surface area contributed by atoms with Crippen LogP contribution < -0.4 is 4.74 Å². The lowest BCUT2D eigenvalue weighted by Crippen LogP contribution is -2.42. The molecule has 1 aromatic rings. The number of alkyl halides is 3. The van der Waals surface area contributed by atoms with Crippen LogP contribution in [0.1, 0.15) is 31.7 Å². The van der Waals surface area contributed by atoms with Crippen LogP contribution in [0.25, 0.3) is 0 Å². The summed E-state index contributed by atoms with van der Waals surface area (Å²) in [5.74, 6) is -0.476. The molecule has 0 spiro atoms. The van der Waals surface area contributed by atoms with E-state index >= 15 is 0 Å². The first-order chi connectivity index (χ1) is 10.2. The Hall–Kier alpha value is -0.980. The summed E-state index contributed by atoms with van der Waals surface area (Å²) in [5.41, 5.74) is -0.731. The van der Waals surface area contributed by atoms with E-state index in [1.54, 1.807) is 6.07 Å². The fraction of sp³-hybridized carbons (Fsp3) is 0.600. The number of aliphatic hydroxyl groups is 1. The van der Waals surface area contributed by atoms with Gasteiger partial charge in [-0.05, 0) is 43.5 Å². The molecular formula is C15H19ClF3NO2. The fourth-order valence-electron chi connectivity index (χ4n) is 2.75. The van der Waals surface area contributed by atoms with Crippen molar-refractivity contribution >= 4 is 11.6 Å². The highest BCUT2D eigenvalue weighted by Gasteiger charge is 2.36. The highest BCUT2D eigenvalue weighted by Crippen LogP contribution is 2.38. The van der Waals surface area contributed by atoms with Gasteiger partial charge in [0.05, 0.1) is 10.6 Å². The fourth-order valence-corrected chi connectivity index (χ4v) is 2.90. The number of hydrogen-bond acceptors (Lipinski definition) is 3.